The second-order valence-corrected chi connectivity index (χ2v) is 4.81. The molecule has 1 saturated heterocycles. The standard InChI is InChI=1S/C15H23N3O/c1-3-17(4-2)10-11-18-14(19)12-16-15(18)13-8-6-5-7-9-13/h5-9,15-16H,3-4,10-12H2,1-2H3. The van der Waals surface area contributed by atoms with Crippen LogP contribution in [0, 0.1) is 0 Å². The highest BCUT2D eigenvalue weighted by Crippen LogP contribution is 2.21. The number of nitrogens with one attached hydrogen (secondary N) is 1. The molecule has 0 spiro atoms. The summed E-state index contributed by atoms with van der Waals surface area (Å²) in [6.07, 6.45) is 0.0317. The van der Waals surface area contributed by atoms with E-state index in [1.807, 2.05) is 23.1 Å². The number of nitrogens with zero attached hydrogens (tertiary/aromatic N) is 2. The number of hydrogen-bond acceptors (Lipinski definition) is 3. The minimum atomic E-state index is 0.0317. The number of benzene rings is 1. The van der Waals surface area contributed by atoms with Gasteiger partial charge >= 0.3 is 0 Å². The topological polar surface area (TPSA) is 35.6 Å². The van der Waals surface area contributed by atoms with Crippen LogP contribution in [0.25, 0.3) is 0 Å². The van der Waals surface area contributed by atoms with Gasteiger partial charge in [-0.2, -0.15) is 0 Å². The highest BCUT2D eigenvalue weighted by Gasteiger charge is 2.31. The van der Waals surface area contributed by atoms with E-state index in [-0.39, 0.29) is 12.1 Å². The van der Waals surface area contributed by atoms with Crippen LogP contribution in [0.3, 0.4) is 0 Å². The fourth-order valence-corrected chi connectivity index (χ4v) is 2.52. The van der Waals surface area contributed by atoms with Crippen LogP contribution in [0.15, 0.2) is 30.3 Å². The molecule has 0 saturated carbocycles. The Bertz CT molecular complexity index is 403. The first-order chi connectivity index (χ1) is 9.26. The van der Waals surface area contributed by atoms with E-state index in [1.54, 1.807) is 0 Å². The van der Waals surface area contributed by atoms with Crippen molar-refractivity contribution in [3.8, 4) is 0 Å². The zero-order valence-electron chi connectivity index (χ0n) is 11.8. The third kappa shape index (κ3) is 3.33. The summed E-state index contributed by atoms with van der Waals surface area (Å²) in [7, 11) is 0. The zero-order valence-corrected chi connectivity index (χ0v) is 11.8. The molecule has 1 fully saturated rings. The van der Waals surface area contributed by atoms with Gasteiger partial charge in [-0.15, -0.1) is 0 Å². The fourth-order valence-electron chi connectivity index (χ4n) is 2.52. The van der Waals surface area contributed by atoms with Crippen LogP contribution in [-0.2, 0) is 4.79 Å². The van der Waals surface area contributed by atoms with Crippen molar-refractivity contribution >= 4 is 5.91 Å². The molecule has 0 bridgehead atoms. The number of rotatable bonds is 6. The van der Waals surface area contributed by atoms with Crippen molar-refractivity contribution < 1.29 is 4.79 Å². The Balaban J connectivity index is 2.02. The van der Waals surface area contributed by atoms with Crippen LogP contribution in [0.5, 0.6) is 0 Å². The van der Waals surface area contributed by atoms with Crippen molar-refractivity contribution in [2.24, 2.45) is 0 Å². The van der Waals surface area contributed by atoms with E-state index in [4.69, 9.17) is 0 Å². The van der Waals surface area contributed by atoms with Gasteiger partial charge in [0.1, 0.15) is 6.17 Å². The number of hydrogen-bond donors (Lipinski definition) is 1. The van der Waals surface area contributed by atoms with Gasteiger partial charge in [0, 0.05) is 13.1 Å². The number of amides is 1. The van der Waals surface area contributed by atoms with Gasteiger partial charge < -0.3 is 9.80 Å². The summed E-state index contributed by atoms with van der Waals surface area (Å²) < 4.78 is 0. The summed E-state index contributed by atoms with van der Waals surface area (Å²) in [5.41, 5.74) is 1.16. The lowest BCUT2D eigenvalue weighted by molar-refractivity contribution is -0.128. The van der Waals surface area contributed by atoms with Gasteiger partial charge in [0.05, 0.1) is 6.54 Å². The average molecular weight is 261 g/mol. The number of carbonyl (C=O) groups is 1. The summed E-state index contributed by atoms with van der Waals surface area (Å²) in [6, 6.07) is 10.2. The number of carbonyl (C=O) groups excluding carboxylic acids is 1. The van der Waals surface area contributed by atoms with Gasteiger partial charge in [-0.3, -0.25) is 10.1 Å². The fraction of sp³-hybridized carbons (Fsp3) is 0.533. The van der Waals surface area contributed by atoms with Crippen LogP contribution in [0.2, 0.25) is 0 Å². The molecule has 2 rings (SSSR count). The molecule has 19 heavy (non-hydrogen) atoms. The Kier molecular flexibility index (Phi) is 4.93. The smallest absolute Gasteiger partial charge is 0.238 e. The van der Waals surface area contributed by atoms with Crippen LogP contribution >= 0.6 is 0 Å². The Morgan fingerprint density at radius 1 is 1.26 bits per heavy atom. The summed E-state index contributed by atoms with van der Waals surface area (Å²) in [5, 5.41) is 3.29. The molecule has 0 radical (unpaired) electrons. The molecule has 1 aliphatic rings. The summed E-state index contributed by atoms with van der Waals surface area (Å²) in [4.78, 5) is 16.3. The molecule has 1 aromatic carbocycles. The minimum absolute atomic E-state index is 0.0317. The zero-order chi connectivity index (χ0) is 13.7. The van der Waals surface area contributed by atoms with Crippen LogP contribution < -0.4 is 5.32 Å². The molecule has 1 atom stereocenters. The molecule has 1 heterocycles. The first-order valence-electron chi connectivity index (χ1n) is 7.06. The third-order valence-electron chi connectivity index (χ3n) is 3.75. The maximum absolute atomic E-state index is 12.0. The van der Waals surface area contributed by atoms with Crippen molar-refractivity contribution in [1.29, 1.82) is 0 Å². The first-order valence-corrected chi connectivity index (χ1v) is 7.06. The van der Waals surface area contributed by atoms with E-state index in [1.165, 1.54) is 0 Å². The molecule has 104 valence electrons. The molecule has 1 amide bonds. The van der Waals surface area contributed by atoms with E-state index < -0.39 is 0 Å². The van der Waals surface area contributed by atoms with Gasteiger partial charge in [0.25, 0.3) is 0 Å². The normalized spacial score (nSPS) is 19.4. The third-order valence-corrected chi connectivity index (χ3v) is 3.75. The average Bonchev–Trinajstić information content (AvgIpc) is 2.82. The van der Waals surface area contributed by atoms with Crippen LogP contribution in [0.4, 0.5) is 0 Å². The van der Waals surface area contributed by atoms with Crippen LogP contribution in [-0.4, -0.2) is 48.4 Å². The second kappa shape index (κ2) is 6.68. The van der Waals surface area contributed by atoms with E-state index in [9.17, 15) is 4.79 Å². The van der Waals surface area contributed by atoms with Gasteiger partial charge in [-0.25, -0.2) is 0 Å². The molecule has 1 N–H and O–H groups in total. The molecular weight excluding hydrogens is 238 g/mol. The first kappa shape index (κ1) is 14.0. The Morgan fingerprint density at radius 2 is 1.95 bits per heavy atom. The monoisotopic (exact) mass is 261 g/mol. The predicted molar refractivity (Wildman–Crippen MR) is 76.7 cm³/mol. The highest BCUT2D eigenvalue weighted by molar-refractivity contribution is 5.80. The molecule has 1 aromatic rings. The van der Waals surface area contributed by atoms with Gasteiger partial charge in [-0.1, -0.05) is 44.2 Å². The maximum Gasteiger partial charge on any atom is 0.238 e. The predicted octanol–water partition coefficient (Wildman–Crippen LogP) is 1.46. The van der Waals surface area contributed by atoms with Crippen LogP contribution in [0.1, 0.15) is 25.6 Å². The van der Waals surface area contributed by atoms with Crippen molar-refractivity contribution in [3.05, 3.63) is 35.9 Å². The van der Waals surface area contributed by atoms with Gasteiger partial charge in [-0.05, 0) is 18.7 Å². The van der Waals surface area contributed by atoms with Crippen molar-refractivity contribution in [1.82, 2.24) is 15.1 Å². The molecule has 4 heteroatoms. The Hall–Kier alpha value is -1.39. The lowest BCUT2D eigenvalue weighted by Gasteiger charge is -2.27. The molecular formula is C15H23N3O. The van der Waals surface area contributed by atoms with E-state index in [0.717, 1.165) is 31.7 Å². The summed E-state index contributed by atoms with van der Waals surface area (Å²) >= 11 is 0. The second-order valence-electron chi connectivity index (χ2n) is 4.81. The Morgan fingerprint density at radius 3 is 2.58 bits per heavy atom. The van der Waals surface area contributed by atoms with Crippen molar-refractivity contribution in [3.63, 3.8) is 0 Å². The maximum atomic E-state index is 12.0. The lowest BCUT2D eigenvalue weighted by Crippen LogP contribution is -2.38. The molecule has 4 nitrogen and oxygen atoms in total. The molecule has 0 aliphatic carbocycles. The van der Waals surface area contributed by atoms with E-state index >= 15 is 0 Å². The highest BCUT2D eigenvalue weighted by atomic mass is 16.2. The van der Waals surface area contributed by atoms with Crippen molar-refractivity contribution in [2.45, 2.75) is 20.0 Å². The van der Waals surface area contributed by atoms with Gasteiger partial charge in [0.15, 0.2) is 0 Å². The van der Waals surface area contributed by atoms with Crippen molar-refractivity contribution in [2.75, 3.05) is 32.7 Å². The quantitative estimate of drug-likeness (QED) is 0.842. The summed E-state index contributed by atoms with van der Waals surface area (Å²) in [6.45, 7) is 8.53. The summed E-state index contributed by atoms with van der Waals surface area (Å²) in [5.74, 6) is 0.195. The van der Waals surface area contributed by atoms with E-state index in [0.29, 0.717) is 6.54 Å². The Labute approximate surface area is 115 Å². The SMILES string of the molecule is CCN(CC)CCN1C(=O)CNC1c1ccccc1. The molecule has 1 aliphatic heterocycles. The van der Waals surface area contributed by atoms with Gasteiger partial charge in [0.2, 0.25) is 5.91 Å². The lowest BCUT2D eigenvalue weighted by atomic mass is 10.1. The molecule has 1 unspecified atom stereocenters. The largest absolute Gasteiger partial charge is 0.321 e. The number of likely N-dealkylation sites (N-methyl/N-ethyl adjacent to an activating group) is 1. The van der Waals surface area contributed by atoms with E-state index in [2.05, 4.69) is 36.2 Å². The minimum Gasteiger partial charge on any atom is -0.321 e. The molecule has 0 aromatic heterocycles.